The molecular formula is C25H14Cl3F4NO2. The quantitative estimate of drug-likeness (QED) is 0.185. The molecule has 2 amide bonds. The maximum Gasteiger partial charge on any atom is 0.392 e. The molecule has 0 aromatic heterocycles. The first-order valence-electron chi connectivity index (χ1n) is 10.1. The van der Waals surface area contributed by atoms with Gasteiger partial charge in [-0.25, -0.2) is 4.39 Å². The van der Waals surface area contributed by atoms with Crippen LogP contribution < -0.4 is 0 Å². The zero-order valence-corrected chi connectivity index (χ0v) is 19.8. The van der Waals surface area contributed by atoms with Gasteiger partial charge in [-0.05, 0) is 41.5 Å². The monoisotopic (exact) mass is 541 g/mol. The van der Waals surface area contributed by atoms with Gasteiger partial charge in [-0.1, -0.05) is 71.2 Å². The lowest BCUT2D eigenvalue weighted by atomic mass is 9.90. The van der Waals surface area contributed by atoms with Crippen LogP contribution in [0.1, 0.15) is 44.3 Å². The Morgan fingerprint density at radius 1 is 0.886 bits per heavy atom. The van der Waals surface area contributed by atoms with Gasteiger partial charge in [-0.3, -0.25) is 14.5 Å². The number of nitrogens with zero attached hydrogens (tertiary/aromatic N) is 1. The highest BCUT2D eigenvalue weighted by Gasteiger charge is 2.43. The summed E-state index contributed by atoms with van der Waals surface area (Å²) in [7, 11) is 0. The van der Waals surface area contributed by atoms with Crippen molar-refractivity contribution in [1.29, 1.82) is 0 Å². The Morgan fingerprint density at radius 3 is 1.91 bits per heavy atom. The molecule has 0 radical (unpaired) electrons. The van der Waals surface area contributed by atoms with Crippen LogP contribution in [-0.4, -0.2) is 22.9 Å². The normalized spacial score (nSPS) is 14.9. The smallest absolute Gasteiger partial charge is 0.269 e. The van der Waals surface area contributed by atoms with Crippen molar-refractivity contribution in [2.45, 2.75) is 18.6 Å². The van der Waals surface area contributed by atoms with Gasteiger partial charge in [0, 0.05) is 5.56 Å². The number of carbonyl (C=O) groups is 2. The summed E-state index contributed by atoms with van der Waals surface area (Å²) in [4.78, 5) is 27.4. The summed E-state index contributed by atoms with van der Waals surface area (Å²) < 4.78 is 55.0. The highest BCUT2D eigenvalue weighted by Crippen LogP contribution is 2.44. The minimum absolute atomic E-state index is 0.0320. The first-order valence-corrected chi connectivity index (χ1v) is 11.3. The van der Waals surface area contributed by atoms with Crippen LogP contribution in [0, 0.1) is 5.82 Å². The molecule has 1 unspecified atom stereocenters. The van der Waals surface area contributed by atoms with Gasteiger partial charge in [0.05, 0.1) is 38.7 Å². The number of hydrogen-bond acceptors (Lipinski definition) is 2. The molecule has 0 saturated heterocycles. The summed E-state index contributed by atoms with van der Waals surface area (Å²) in [6.07, 6.45) is -5.27. The summed E-state index contributed by atoms with van der Waals surface area (Å²) in [5.41, 5.74) is -0.221. The summed E-state index contributed by atoms with van der Waals surface area (Å²) in [6, 6.07) is 12.1. The van der Waals surface area contributed by atoms with E-state index < -0.39 is 36.3 Å². The lowest BCUT2D eigenvalue weighted by Crippen LogP contribution is -2.35. The van der Waals surface area contributed by atoms with Crippen LogP contribution in [0.3, 0.4) is 0 Å². The average molecular weight is 543 g/mol. The first-order chi connectivity index (χ1) is 16.5. The molecule has 0 fully saturated rings. The van der Waals surface area contributed by atoms with Crippen molar-refractivity contribution in [3.05, 3.63) is 110 Å². The number of imide groups is 1. The molecule has 1 heterocycles. The summed E-state index contributed by atoms with van der Waals surface area (Å²) >= 11 is 18.3. The predicted octanol–water partition coefficient (Wildman–Crippen LogP) is 8.16. The Hall–Kier alpha value is -2.87. The Balaban J connectivity index is 1.99. The van der Waals surface area contributed by atoms with Crippen LogP contribution >= 0.6 is 34.8 Å². The van der Waals surface area contributed by atoms with Gasteiger partial charge in [0.15, 0.2) is 0 Å². The van der Waals surface area contributed by atoms with Gasteiger partial charge in [0.2, 0.25) is 0 Å². The number of fused-ring (bicyclic) bond motifs is 1. The van der Waals surface area contributed by atoms with E-state index in [0.717, 1.165) is 17.0 Å². The molecule has 0 aliphatic carbocycles. The largest absolute Gasteiger partial charge is 0.392 e. The minimum atomic E-state index is -4.63. The Morgan fingerprint density at radius 2 is 1.40 bits per heavy atom. The SMILES string of the molecule is O=C1c2ccccc2C(=O)N1C(C(=CCC(F)(F)F)c1cc(Cl)c(Cl)c(Cl)c1)c1ccccc1F. The second kappa shape index (κ2) is 9.64. The van der Waals surface area contributed by atoms with Crippen molar-refractivity contribution < 1.29 is 27.2 Å². The highest BCUT2D eigenvalue weighted by atomic mass is 35.5. The van der Waals surface area contributed by atoms with Gasteiger partial charge in [-0.15, -0.1) is 0 Å². The topological polar surface area (TPSA) is 37.4 Å². The second-order valence-corrected chi connectivity index (χ2v) is 8.87. The fourth-order valence-electron chi connectivity index (χ4n) is 3.92. The van der Waals surface area contributed by atoms with E-state index in [9.17, 15) is 22.8 Å². The molecule has 35 heavy (non-hydrogen) atoms. The summed E-state index contributed by atoms with van der Waals surface area (Å²) in [5.74, 6) is -2.37. The Kier molecular flexibility index (Phi) is 6.95. The first kappa shape index (κ1) is 25.2. The maximum atomic E-state index is 15.1. The van der Waals surface area contributed by atoms with E-state index in [1.165, 1.54) is 42.5 Å². The van der Waals surface area contributed by atoms with Crippen LogP contribution in [-0.2, 0) is 0 Å². The Bertz CT molecular complexity index is 1310. The average Bonchev–Trinajstić information content (AvgIpc) is 3.05. The van der Waals surface area contributed by atoms with Gasteiger partial charge in [0.1, 0.15) is 5.82 Å². The number of rotatable bonds is 5. The van der Waals surface area contributed by atoms with Crippen molar-refractivity contribution in [2.24, 2.45) is 0 Å². The number of hydrogen-bond donors (Lipinski definition) is 0. The van der Waals surface area contributed by atoms with E-state index in [1.807, 2.05) is 0 Å². The van der Waals surface area contributed by atoms with Crippen molar-refractivity contribution in [2.75, 3.05) is 0 Å². The molecule has 180 valence electrons. The molecule has 3 aromatic carbocycles. The van der Waals surface area contributed by atoms with E-state index in [1.54, 1.807) is 12.1 Å². The standard InChI is InChI=1S/C25H14Cl3F4NO2/c26-18-11-13(12-19(27)21(18)28)14(9-10-25(30,31)32)22(17-7-3-4-8-20(17)29)33-23(34)15-5-1-2-6-16(15)24(33)35/h1-9,11-12,22H,10H2. The fourth-order valence-corrected chi connectivity index (χ4v) is 4.52. The van der Waals surface area contributed by atoms with Gasteiger partial charge < -0.3 is 0 Å². The van der Waals surface area contributed by atoms with Crippen LogP contribution in [0.5, 0.6) is 0 Å². The Labute approximate surface area is 212 Å². The highest BCUT2D eigenvalue weighted by molar-refractivity contribution is 6.48. The summed E-state index contributed by atoms with van der Waals surface area (Å²) in [5, 5.41) is -0.168. The molecule has 3 nitrogen and oxygen atoms in total. The van der Waals surface area contributed by atoms with Crippen LogP contribution in [0.4, 0.5) is 17.6 Å². The zero-order chi connectivity index (χ0) is 25.5. The fraction of sp³-hybridized carbons (Fsp3) is 0.120. The number of amides is 2. The molecule has 4 rings (SSSR count). The van der Waals surface area contributed by atoms with E-state index in [0.29, 0.717) is 0 Å². The second-order valence-electron chi connectivity index (χ2n) is 7.68. The third-order valence-electron chi connectivity index (χ3n) is 5.45. The predicted molar refractivity (Wildman–Crippen MR) is 126 cm³/mol. The maximum absolute atomic E-state index is 15.1. The molecule has 1 aliphatic rings. The number of allylic oxidation sites excluding steroid dienone is 1. The van der Waals surface area contributed by atoms with Crippen molar-refractivity contribution in [3.8, 4) is 0 Å². The lowest BCUT2D eigenvalue weighted by molar-refractivity contribution is -0.124. The molecule has 0 saturated carbocycles. The number of halogens is 7. The van der Waals surface area contributed by atoms with Crippen molar-refractivity contribution in [3.63, 3.8) is 0 Å². The molecule has 3 aromatic rings. The molecule has 0 bridgehead atoms. The summed E-state index contributed by atoms with van der Waals surface area (Å²) in [6.45, 7) is 0. The van der Waals surface area contributed by atoms with Crippen LogP contribution in [0.25, 0.3) is 5.57 Å². The zero-order valence-electron chi connectivity index (χ0n) is 17.5. The van der Waals surface area contributed by atoms with Crippen molar-refractivity contribution >= 4 is 52.2 Å². The van der Waals surface area contributed by atoms with Gasteiger partial charge in [-0.2, -0.15) is 13.2 Å². The minimum Gasteiger partial charge on any atom is -0.269 e. The number of carbonyl (C=O) groups excluding carboxylic acids is 2. The molecule has 1 atom stereocenters. The van der Waals surface area contributed by atoms with Gasteiger partial charge >= 0.3 is 6.18 Å². The van der Waals surface area contributed by atoms with Crippen molar-refractivity contribution in [1.82, 2.24) is 4.90 Å². The van der Waals surface area contributed by atoms with E-state index in [2.05, 4.69) is 0 Å². The van der Waals surface area contributed by atoms with Crippen LogP contribution in [0.2, 0.25) is 15.1 Å². The molecule has 0 spiro atoms. The molecular weight excluding hydrogens is 529 g/mol. The third kappa shape index (κ3) is 4.94. The van der Waals surface area contributed by atoms with E-state index in [4.69, 9.17) is 34.8 Å². The number of benzene rings is 3. The lowest BCUT2D eigenvalue weighted by Gasteiger charge is -2.30. The molecule has 1 aliphatic heterocycles. The molecule has 10 heteroatoms. The van der Waals surface area contributed by atoms with Crippen LogP contribution in [0.15, 0.2) is 66.7 Å². The van der Waals surface area contributed by atoms with Gasteiger partial charge in [0.25, 0.3) is 11.8 Å². The number of alkyl halides is 3. The van der Waals surface area contributed by atoms with E-state index in [-0.39, 0.29) is 42.9 Å². The molecule has 0 N–H and O–H groups in total. The van der Waals surface area contributed by atoms with E-state index >= 15 is 4.39 Å². The third-order valence-corrected chi connectivity index (χ3v) is 6.65.